The van der Waals surface area contributed by atoms with Gasteiger partial charge in [0.1, 0.15) is 9.21 Å². The number of amides is 1. The number of thiophene rings is 2. The van der Waals surface area contributed by atoms with Gasteiger partial charge in [0, 0.05) is 19.0 Å². The fourth-order valence-corrected chi connectivity index (χ4v) is 7.22. The molecule has 7 nitrogen and oxygen atoms in total. The number of halogens is 1. The molecule has 0 saturated carbocycles. The van der Waals surface area contributed by atoms with Gasteiger partial charge in [-0.2, -0.15) is 4.31 Å². The number of piperidine rings is 1. The Labute approximate surface area is 173 Å². The highest BCUT2D eigenvalue weighted by molar-refractivity contribution is 9.11. The van der Waals surface area contributed by atoms with Crippen LogP contribution in [0.1, 0.15) is 23.2 Å². The summed E-state index contributed by atoms with van der Waals surface area (Å²) >= 11 is 5.70. The standard InChI is InChI=1S/C16H17BrN2O5S3/c1-24-16(21)11-6-9-25-15(11)18-14(20)10-4-7-19(8-5-10)27(22,23)13-3-2-12(17)26-13/h2-3,6,9-10H,4-5,7-8H2,1H3,(H,18,20). The first-order chi connectivity index (χ1) is 12.8. The molecule has 0 bridgehead atoms. The van der Waals surface area contributed by atoms with Gasteiger partial charge in [-0.1, -0.05) is 0 Å². The maximum atomic E-state index is 12.7. The Hall–Kier alpha value is -1.27. The van der Waals surface area contributed by atoms with Crippen molar-refractivity contribution in [3.05, 3.63) is 32.9 Å². The van der Waals surface area contributed by atoms with Gasteiger partial charge in [-0.25, -0.2) is 13.2 Å². The van der Waals surface area contributed by atoms with E-state index in [1.165, 1.54) is 34.1 Å². The van der Waals surface area contributed by atoms with Crippen LogP contribution in [-0.4, -0.2) is 44.8 Å². The summed E-state index contributed by atoms with van der Waals surface area (Å²) in [6.07, 6.45) is 0.854. The molecule has 0 aliphatic carbocycles. The molecular weight excluding hydrogens is 476 g/mol. The molecule has 11 heteroatoms. The number of ether oxygens (including phenoxy) is 1. The van der Waals surface area contributed by atoms with E-state index in [2.05, 4.69) is 21.2 Å². The number of methoxy groups -OCH3 is 1. The molecule has 3 rings (SSSR count). The number of anilines is 1. The van der Waals surface area contributed by atoms with Gasteiger partial charge in [-0.3, -0.25) is 4.79 Å². The number of esters is 1. The molecule has 1 aliphatic heterocycles. The molecule has 0 aromatic carbocycles. The molecule has 0 atom stereocenters. The fraction of sp³-hybridized carbons (Fsp3) is 0.375. The number of hydrogen-bond donors (Lipinski definition) is 1. The van der Waals surface area contributed by atoms with Gasteiger partial charge in [0.15, 0.2) is 0 Å². The Morgan fingerprint density at radius 2 is 1.96 bits per heavy atom. The van der Waals surface area contributed by atoms with Crippen molar-refractivity contribution in [3.63, 3.8) is 0 Å². The zero-order valence-corrected chi connectivity index (χ0v) is 18.3. The number of carbonyl (C=O) groups is 2. The fourth-order valence-electron chi connectivity index (χ4n) is 2.81. The van der Waals surface area contributed by atoms with Crippen LogP contribution in [0.25, 0.3) is 0 Å². The zero-order chi connectivity index (χ0) is 19.6. The molecule has 27 heavy (non-hydrogen) atoms. The van der Waals surface area contributed by atoms with Crippen LogP contribution in [0.15, 0.2) is 31.6 Å². The summed E-state index contributed by atoms with van der Waals surface area (Å²) in [4.78, 5) is 24.2. The molecule has 2 aromatic rings. The second kappa shape index (κ2) is 8.39. The smallest absolute Gasteiger partial charge is 0.340 e. The maximum Gasteiger partial charge on any atom is 0.340 e. The van der Waals surface area contributed by atoms with Gasteiger partial charge in [-0.15, -0.1) is 22.7 Å². The SMILES string of the molecule is COC(=O)c1ccsc1NC(=O)C1CCN(S(=O)(=O)c2ccc(Br)s2)CC1. The lowest BCUT2D eigenvalue weighted by atomic mass is 9.97. The minimum atomic E-state index is -3.53. The number of rotatable bonds is 5. The lowest BCUT2D eigenvalue weighted by molar-refractivity contribution is -0.120. The molecule has 0 spiro atoms. The van der Waals surface area contributed by atoms with Crippen molar-refractivity contribution >= 4 is 65.5 Å². The lowest BCUT2D eigenvalue weighted by Gasteiger charge is -2.30. The largest absolute Gasteiger partial charge is 0.465 e. The van der Waals surface area contributed by atoms with E-state index >= 15 is 0 Å². The van der Waals surface area contributed by atoms with E-state index in [0.717, 1.165) is 3.79 Å². The van der Waals surface area contributed by atoms with Gasteiger partial charge < -0.3 is 10.1 Å². The van der Waals surface area contributed by atoms with E-state index in [9.17, 15) is 18.0 Å². The van der Waals surface area contributed by atoms with E-state index in [1.807, 2.05) is 0 Å². The summed E-state index contributed by atoms with van der Waals surface area (Å²) in [6, 6.07) is 4.88. The molecule has 0 radical (unpaired) electrons. The number of hydrogen-bond acceptors (Lipinski definition) is 7. The molecular formula is C16H17BrN2O5S3. The Bertz CT molecular complexity index is 945. The van der Waals surface area contributed by atoms with Crippen LogP contribution in [0.5, 0.6) is 0 Å². The average Bonchev–Trinajstić information content (AvgIpc) is 3.30. The Morgan fingerprint density at radius 1 is 1.26 bits per heavy atom. The molecule has 1 fully saturated rings. The van der Waals surface area contributed by atoms with Crippen LogP contribution in [0.4, 0.5) is 5.00 Å². The first kappa shape index (κ1) is 20.5. The minimum Gasteiger partial charge on any atom is -0.465 e. The summed E-state index contributed by atoms with van der Waals surface area (Å²) in [5.41, 5.74) is 0.319. The van der Waals surface area contributed by atoms with Gasteiger partial charge in [0.25, 0.3) is 10.0 Å². The van der Waals surface area contributed by atoms with Crippen molar-refractivity contribution in [1.29, 1.82) is 0 Å². The van der Waals surface area contributed by atoms with E-state index in [4.69, 9.17) is 4.74 Å². The van der Waals surface area contributed by atoms with Crippen molar-refractivity contribution in [1.82, 2.24) is 4.31 Å². The molecule has 1 N–H and O–H groups in total. The highest BCUT2D eigenvalue weighted by atomic mass is 79.9. The molecule has 0 unspecified atom stereocenters. The molecule has 1 aliphatic rings. The van der Waals surface area contributed by atoms with Crippen molar-refractivity contribution < 1.29 is 22.7 Å². The Balaban J connectivity index is 1.62. The summed E-state index contributed by atoms with van der Waals surface area (Å²) in [5.74, 6) is -1.02. The van der Waals surface area contributed by atoms with Gasteiger partial charge in [0.05, 0.1) is 16.5 Å². The van der Waals surface area contributed by atoms with Gasteiger partial charge in [-0.05, 0) is 52.4 Å². The third-order valence-corrected chi connectivity index (χ3v) is 9.09. The lowest BCUT2D eigenvalue weighted by Crippen LogP contribution is -2.41. The van der Waals surface area contributed by atoms with Crippen molar-refractivity contribution in [2.24, 2.45) is 5.92 Å². The second-order valence-corrected chi connectivity index (χ2v) is 11.4. The topological polar surface area (TPSA) is 92.8 Å². The van der Waals surface area contributed by atoms with Crippen molar-refractivity contribution in [2.45, 2.75) is 17.1 Å². The predicted molar refractivity (Wildman–Crippen MR) is 108 cm³/mol. The van der Waals surface area contributed by atoms with Crippen LogP contribution in [0.3, 0.4) is 0 Å². The van der Waals surface area contributed by atoms with E-state index in [1.54, 1.807) is 23.6 Å². The van der Waals surface area contributed by atoms with Crippen LogP contribution < -0.4 is 5.32 Å². The van der Waals surface area contributed by atoms with Crippen LogP contribution in [0, 0.1) is 5.92 Å². The van der Waals surface area contributed by atoms with E-state index in [-0.39, 0.29) is 24.9 Å². The van der Waals surface area contributed by atoms with Crippen LogP contribution in [-0.2, 0) is 19.6 Å². The van der Waals surface area contributed by atoms with Crippen molar-refractivity contribution in [3.8, 4) is 0 Å². The predicted octanol–water partition coefficient (Wildman–Crippen LogP) is 3.40. The normalized spacial score (nSPS) is 16.2. The summed E-state index contributed by atoms with van der Waals surface area (Å²) in [5, 5.41) is 4.92. The van der Waals surface area contributed by atoms with E-state index in [0.29, 0.717) is 27.6 Å². The Kier molecular flexibility index (Phi) is 6.36. The Morgan fingerprint density at radius 3 is 2.56 bits per heavy atom. The van der Waals surface area contributed by atoms with E-state index < -0.39 is 16.0 Å². The van der Waals surface area contributed by atoms with Crippen LogP contribution >= 0.6 is 38.6 Å². The summed E-state index contributed by atoms with van der Waals surface area (Å²) in [7, 11) is -2.24. The first-order valence-corrected chi connectivity index (χ1v) is 12.0. The monoisotopic (exact) mass is 492 g/mol. The molecule has 1 saturated heterocycles. The van der Waals surface area contributed by atoms with Crippen LogP contribution in [0.2, 0.25) is 0 Å². The van der Waals surface area contributed by atoms with Gasteiger partial charge in [0.2, 0.25) is 5.91 Å². The zero-order valence-electron chi connectivity index (χ0n) is 14.3. The highest BCUT2D eigenvalue weighted by Gasteiger charge is 2.33. The number of carbonyl (C=O) groups excluding carboxylic acids is 2. The third-order valence-electron chi connectivity index (χ3n) is 4.27. The first-order valence-electron chi connectivity index (χ1n) is 8.05. The maximum absolute atomic E-state index is 12.7. The quantitative estimate of drug-likeness (QED) is 0.645. The van der Waals surface area contributed by atoms with Crippen molar-refractivity contribution in [2.75, 3.05) is 25.5 Å². The minimum absolute atomic E-state index is 0.210. The number of sulfonamides is 1. The molecule has 3 heterocycles. The highest BCUT2D eigenvalue weighted by Crippen LogP contribution is 2.31. The third kappa shape index (κ3) is 4.43. The second-order valence-electron chi connectivity index (χ2n) is 5.88. The molecule has 146 valence electrons. The van der Waals surface area contributed by atoms with Gasteiger partial charge >= 0.3 is 5.97 Å². The number of nitrogens with zero attached hydrogens (tertiary/aromatic N) is 1. The summed E-state index contributed by atoms with van der Waals surface area (Å²) < 4.78 is 32.5. The molecule has 2 aromatic heterocycles. The summed E-state index contributed by atoms with van der Waals surface area (Å²) in [6.45, 7) is 0.564. The number of nitrogens with one attached hydrogen (secondary N) is 1. The molecule has 1 amide bonds. The average molecular weight is 493 g/mol.